The maximum absolute atomic E-state index is 11.3. The summed E-state index contributed by atoms with van der Waals surface area (Å²) in [5.74, 6) is -0.123. The molecule has 0 aliphatic carbocycles. The Morgan fingerprint density at radius 3 is 2.50 bits per heavy atom. The molecule has 0 fully saturated rings. The Hall–Kier alpha value is -0.940. The molecule has 0 saturated heterocycles. The first-order valence-corrected chi connectivity index (χ1v) is 7.07. The molecule has 1 unspecified atom stereocenters. The van der Waals surface area contributed by atoms with Gasteiger partial charge >= 0.3 is 0 Å². The third-order valence-corrected chi connectivity index (χ3v) is 3.62. The van der Waals surface area contributed by atoms with Crippen LogP contribution < -0.4 is 11.1 Å². The topological polar surface area (TPSA) is 68.0 Å². The third kappa shape index (κ3) is 4.07. The van der Waals surface area contributed by atoms with E-state index in [1.807, 2.05) is 13.8 Å². The summed E-state index contributed by atoms with van der Waals surface area (Å²) < 4.78 is 0. The molecule has 3 N–H and O–H groups in total. The lowest BCUT2D eigenvalue weighted by atomic mass is 9.93. The Labute approximate surface area is 113 Å². The van der Waals surface area contributed by atoms with Gasteiger partial charge in [-0.15, -0.1) is 11.3 Å². The fourth-order valence-electron chi connectivity index (χ4n) is 1.60. The van der Waals surface area contributed by atoms with Gasteiger partial charge in [-0.2, -0.15) is 0 Å². The number of nitrogens with one attached hydrogen (secondary N) is 1. The van der Waals surface area contributed by atoms with Gasteiger partial charge in [-0.3, -0.25) is 10.1 Å². The van der Waals surface area contributed by atoms with Gasteiger partial charge in [0.1, 0.15) is 5.01 Å². The van der Waals surface area contributed by atoms with E-state index in [-0.39, 0.29) is 23.3 Å². The molecular formula is C13H23N3OS. The Kier molecular flexibility index (Phi) is 4.87. The monoisotopic (exact) mass is 269 g/mol. The van der Waals surface area contributed by atoms with Crippen LogP contribution in [-0.4, -0.2) is 16.9 Å². The summed E-state index contributed by atoms with van der Waals surface area (Å²) in [6, 6.07) is -0.299. The lowest BCUT2D eigenvalue weighted by Crippen LogP contribution is -2.44. The minimum Gasteiger partial charge on any atom is -0.368 e. The quantitative estimate of drug-likeness (QED) is 0.859. The molecule has 18 heavy (non-hydrogen) atoms. The predicted molar refractivity (Wildman–Crippen MR) is 75.5 cm³/mol. The van der Waals surface area contributed by atoms with E-state index in [1.165, 1.54) is 0 Å². The molecule has 102 valence electrons. The summed E-state index contributed by atoms with van der Waals surface area (Å²) in [7, 11) is 0. The number of aromatic nitrogens is 1. The van der Waals surface area contributed by atoms with Crippen molar-refractivity contribution in [3.05, 3.63) is 16.1 Å². The van der Waals surface area contributed by atoms with E-state index >= 15 is 0 Å². The van der Waals surface area contributed by atoms with E-state index in [9.17, 15) is 4.79 Å². The van der Waals surface area contributed by atoms with Crippen LogP contribution in [0.4, 0.5) is 0 Å². The molecule has 1 aromatic rings. The van der Waals surface area contributed by atoms with Gasteiger partial charge in [-0.1, -0.05) is 34.6 Å². The SMILES string of the molecule is CC(C)C(NCc1nc(C(C)(C)C)cs1)C(N)=O. The first kappa shape index (κ1) is 15.1. The van der Waals surface area contributed by atoms with Gasteiger partial charge in [0.25, 0.3) is 0 Å². The summed E-state index contributed by atoms with van der Waals surface area (Å²) in [5, 5.41) is 6.24. The maximum atomic E-state index is 11.3. The highest BCUT2D eigenvalue weighted by Gasteiger charge is 2.20. The average Bonchev–Trinajstić information content (AvgIpc) is 2.64. The van der Waals surface area contributed by atoms with Gasteiger partial charge in [0.2, 0.25) is 5.91 Å². The number of carbonyl (C=O) groups is 1. The Morgan fingerprint density at radius 2 is 2.11 bits per heavy atom. The van der Waals surface area contributed by atoms with E-state index in [0.29, 0.717) is 6.54 Å². The highest BCUT2D eigenvalue weighted by molar-refractivity contribution is 7.09. The second-order valence-electron chi connectivity index (χ2n) is 5.88. The van der Waals surface area contributed by atoms with E-state index in [4.69, 9.17) is 5.73 Å². The molecular weight excluding hydrogens is 246 g/mol. The number of rotatable bonds is 5. The van der Waals surface area contributed by atoms with E-state index in [2.05, 4.69) is 36.5 Å². The zero-order valence-corrected chi connectivity index (χ0v) is 12.6. The minimum absolute atomic E-state index is 0.0654. The molecule has 0 bridgehead atoms. The first-order valence-electron chi connectivity index (χ1n) is 6.19. The van der Waals surface area contributed by atoms with E-state index < -0.39 is 0 Å². The molecule has 0 saturated carbocycles. The van der Waals surface area contributed by atoms with Crippen molar-refractivity contribution in [2.45, 2.75) is 52.6 Å². The molecule has 1 amide bonds. The fourth-order valence-corrected chi connectivity index (χ4v) is 2.57. The Morgan fingerprint density at radius 1 is 1.50 bits per heavy atom. The van der Waals surface area contributed by atoms with Crippen LogP contribution in [0.1, 0.15) is 45.3 Å². The van der Waals surface area contributed by atoms with Gasteiger partial charge in [0.15, 0.2) is 0 Å². The van der Waals surface area contributed by atoms with Gasteiger partial charge in [-0.25, -0.2) is 4.98 Å². The van der Waals surface area contributed by atoms with Crippen LogP contribution in [-0.2, 0) is 16.8 Å². The Bertz CT molecular complexity index is 407. The molecule has 1 atom stereocenters. The van der Waals surface area contributed by atoms with Crippen LogP contribution in [0, 0.1) is 5.92 Å². The largest absolute Gasteiger partial charge is 0.368 e. The van der Waals surface area contributed by atoms with Crippen molar-refractivity contribution in [1.82, 2.24) is 10.3 Å². The molecule has 0 spiro atoms. The first-order chi connectivity index (χ1) is 8.21. The highest BCUT2D eigenvalue weighted by atomic mass is 32.1. The van der Waals surface area contributed by atoms with Crippen molar-refractivity contribution >= 4 is 17.2 Å². The lowest BCUT2D eigenvalue weighted by Gasteiger charge is -2.18. The zero-order chi connectivity index (χ0) is 13.9. The van der Waals surface area contributed by atoms with Crippen molar-refractivity contribution in [2.75, 3.05) is 0 Å². The van der Waals surface area contributed by atoms with Gasteiger partial charge < -0.3 is 5.73 Å². The van der Waals surface area contributed by atoms with Crippen LogP contribution in [0.25, 0.3) is 0 Å². The second kappa shape index (κ2) is 5.80. The number of amides is 1. The molecule has 5 heteroatoms. The van der Waals surface area contributed by atoms with Crippen LogP contribution in [0.5, 0.6) is 0 Å². The smallest absolute Gasteiger partial charge is 0.234 e. The van der Waals surface area contributed by atoms with E-state index in [0.717, 1.165) is 10.7 Å². The summed E-state index contributed by atoms with van der Waals surface area (Å²) >= 11 is 1.62. The fraction of sp³-hybridized carbons (Fsp3) is 0.692. The molecule has 4 nitrogen and oxygen atoms in total. The lowest BCUT2D eigenvalue weighted by molar-refractivity contribution is -0.121. The van der Waals surface area contributed by atoms with Crippen LogP contribution in [0.2, 0.25) is 0 Å². The summed E-state index contributed by atoms with van der Waals surface area (Å²) in [6.45, 7) is 11.0. The van der Waals surface area contributed by atoms with Crippen molar-refractivity contribution in [3.63, 3.8) is 0 Å². The van der Waals surface area contributed by atoms with Crippen molar-refractivity contribution in [3.8, 4) is 0 Å². The molecule has 1 heterocycles. The molecule has 0 radical (unpaired) electrons. The van der Waals surface area contributed by atoms with Crippen molar-refractivity contribution in [2.24, 2.45) is 11.7 Å². The van der Waals surface area contributed by atoms with Gasteiger partial charge in [0, 0.05) is 17.3 Å². The number of nitrogens with two attached hydrogens (primary N) is 1. The number of nitrogens with zero attached hydrogens (tertiary/aromatic N) is 1. The number of hydrogen-bond acceptors (Lipinski definition) is 4. The van der Waals surface area contributed by atoms with Gasteiger partial charge in [-0.05, 0) is 5.92 Å². The molecule has 1 rings (SSSR count). The highest BCUT2D eigenvalue weighted by Crippen LogP contribution is 2.23. The standard InChI is InChI=1S/C13H23N3OS/c1-8(2)11(12(14)17)15-6-10-16-9(7-18-10)13(3,4)5/h7-8,11,15H,6H2,1-5H3,(H2,14,17). The normalized spacial score (nSPS) is 13.9. The summed E-state index contributed by atoms with van der Waals surface area (Å²) in [5.41, 5.74) is 6.51. The van der Waals surface area contributed by atoms with Crippen LogP contribution >= 0.6 is 11.3 Å². The maximum Gasteiger partial charge on any atom is 0.234 e. The van der Waals surface area contributed by atoms with Crippen molar-refractivity contribution < 1.29 is 4.79 Å². The van der Waals surface area contributed by atoms with Crippen LogP contribution in [0.3, 0.4) is 0 Å². The van der Waals surface area contributed by atoms with Gasteiger partial charge in [0.05, 0.1) is 11.7 Å². The Balaban J connectivity index is 2.63. The minimum atomic E-state index is -0.308. The molecule has 0 aliphatic rings. The third-order valence-electron chi connectivity index (χ3n) is 2.77. The molecule has 1 aromatic heterocycles. The predicted octanol–water partition coefficient (Wildman–Crippen LogP) is 2.04. The van der Waals surface area contributed by atoms with Crippen LogP contribution in [0.15, 0.2) is 5.38 Å². The van der Waals surface area contributed by atoms with E-state index in [1.54, 1.807) is 11.3 Å². The second-order valence-corrected chi connectivity index (χ2v) is 6.82. The molecule has 0 aromatic carbocycles. The zero-order valence-electron chi connectivity index (χ0n) is 11.8. The molecule has 0 aliphatic heterocycles. The van der Waals surface area contributed by atoms with Crippen molar-refractivity contribution in [1.29, 1.82) is 0 Å². The number of carbonyl (C=O) groups excluding carboxylic acids is 1. The number of hydrogen-bond donors (Lipinski definition) is 2. The summed E-state index contributed by atoms with van der Waals surface area (Å²) in [6.07, 6.45) is 0. The average molecular weight is 269 g/mol. The number of thiazole rings is 1. The summed E-state index contributed by atoms with van der Waals surface area (Å²) in [4.78, 5) is 15.8. The number of primary amides is 1.